The Hall–Kier alpha value is -2.36. The zero-order valence-electron chi connectivity index (χ0n) is 12.1. The van der Waals surface area contributed by atoms with Gasteiger partial charge in [0.2, 0.25) is 0 Å². The summed E-state index contributed by atoms with van der Waals surface area (Å²) in [7, 11) is 1.53. The molecule has 0 bridgehead atoms. The summed E-state index contributed by atoms with van der Waals surface area (Å²) in [5.74, 6) is 1.24. The molecule has 0 spiro atoms. The number of nitrogens with zero attached hydrogens (tertiary/aromatic N) is 2. The number of benzene rings is 2. The smallest absolute Gasteiger partial charge is 0.131 e. The Morgan fingerprint density at radius 2 is 2.00 bits per heavy atom. The molecule has 3 nitrogen and oxygen atoms in total. The van der Waals surface area contributed by atoms with E-state index in [0.29, 0.717) is 17.9 Å². The Kier molecular flexibility index (Phi) is 3.60. The van der Waals surface area contributed by atoms with Crippen LogP contribution in [0.25, 0.3) is 11.0 Å². The van der Waals surface area contributed by atoms with Crippen LogP contribution >= 0.6 is 0 Å². The topological polar surface area (TPSA) is 27.1 Å². The number of hydrogen-bond donors (Lipinski definition) is 0. The molecule has 0 atom stereocenters. The highest BCUT2D eigenvalue weighted by molar-refractivity contribution is 5.76. The van der Waals surface area contributed by atoms with Crippen LogP contribution < -0.4 is 4.74 Å². The fourth-order valence-electron chi connectivity index (χ4n) is 2.53. The Morgan fingerprint density at radius 3 is 2.71 bits per heavy atom. The highest BCUT2D eigenvalue weighted by Crippen LogP contribution is 2.21. The second-order valence-electron chi connectivity index (χ2n) is 4.91. The van der Waals surface area contributed by atoms with Crippen LogP contribution in [-0.2, 0) is 13.0 Å². The molecule has 0 N–H and O–H groups in total. The molecule has 108 valence electrons. The third-order valence-corrected chi connectivity index (χ3v) is 3.64. The normalized spacial score (nSPS) is 11.0. The minimum absolute atomic E-state index is 0.255. The molecule has 1 aromatic heterocycles. The monoisotopic (exact) mass is 284 g/mol. The first-order chi connectivity index (χ1) is 10.2. The number of ether oxygens (including phenoxy) is 1. The quantitative estimate of drug-likeness (QED) is 0.728. The predicted octanol–water partition coefficient (Wildman–Crippen LogP) is 3.79. The Morgan fingerprint density at radius 1 is 1.19 bits per heavy atom. The zero-order chi connectivity index (χ0) is 14.8. The summed E-state index contributed by atoms with van der Waals surface area (Å²) >= 11 is 0. The van der Waals surface area contributed by atoms with Gasteiger partial charge in [0.25, 0.3) is 0 Å². The van der Waals surface area contributed by atoms with E-state index in [9.17, 15) is 4.39 Å². The summed E-state index contributed by atoms with van der Waals surface area (Å²) in [6.07, 6.45) is 0.812. The van der Waals surface area contributed by atoms with Gasteiger partial charge in [-0.2, -0.15) is 0 Å². The van der Waals surface area contributed by atoms with E-state index in [1.807, 2.05) is 24.3 Å². The van der Waals surface area contributed by atoms with Gasteiger partial charge in [0.1, 0.15) is 17.4 Å². The van der Waals surface area contributed by atoms with Crippen LogP contribution in [-0.4, -0.2) is 16.7 Å². The Bertz CT molecular complexity index is 780. The van der Waals surface area contributed by atoms with Crippen molar-refractivity contribution < 1.29 is 9.13 Å². The summed E-state index contributed by atoms with van der Waals surface area (Å²) in [6.45, 7) is 2.53. The van der Waals surface area contributed by atoms with Crippen molar-refractivity contribution >= 4 is 11.0 Å². The standard InChI is InChI=1S/C17H17FN2O/c1-3-17-19-15-6-4-5-7-16(15)20(17)11-12-8-9-13(21-2)10-14(12)18/h4-10H,3,11H2,1-2H3. The van der Waals surface area contributed by atoms with E-state index in [1.165, 1.54) is 13.2 Å². The second kappa shape index (κ2) is 5.56. The average molecular weight is 284 g/mol. The fourth-order valence-corrected chi connectivity index (χ4v) is 2.53. The number of aromatic nitrogens is 2. The highest BCUT2D eigenvalue weighted by Gasteiger charge is 2.11. The molecule has 0 amide bonds. The van der Waals surface area contributed by atoms with Gasteiger partial charge < -0.3 is 9.30 Å². The minimum atomic E-state index is -0.255. The van der Waals surface area contributed by atoms with Crippen LogP contribution in [0.15, 0.2) is 42.5 Å². The maximum atomic E-state index is 14.2. The molecular formula is C17H17FN2O. The van der Waals surface area contributed by atoms with E-state index in [1.54, 1.807) is 12.1 Å². The van der Waals surface area contributed by atoms with E-state index in [4.69, 9.17) is 4.74 Å². The van der Waals surface area contributed by atoms with E-state index in [-0.39, 0.29) is 5.82 Å². The molecule has 2 aromatic carbocycles. The van der Waals surface area contributed by atoms with Gasteiger partial charge in [0.15, 0.2) is 0 Å². The Balaban J connectivity index is 2.05. The van der Waals surface area contributed by atoms with Gasteiger partial charge in [-0.1, -0.05) is 25.1 Å². The molecule has 0 aliphatic rings. The van der Waals surface area contributed by atoms with Crippen LogP contribution in [0.3, 0.4) is 0 Å². The van der Waals surface area contributed by atoms with Crippen LogP contribution in [0.1, 0.15) is 18.3 Å². The van der Waals surface area contributed by atoms with Gasteiger partial charge >= 0.3 is 0 Å². The number of hydrogen-bond acceptors (Lipinski definition) is 2. The summed E-state index contributed by atoms with van der Waals surface area (Å²) in [5, 5.41) is 0. The summed E-state index contributed by atoms with van der Waals surface area (Å²) in [4.78, 5) is 4.61. The Labute approximate surface area is 123 Å². The van der Waals surface area contributed by atoms with Crippen molar-refractivity contribution in [3.8, 4) is 5.75 Å². The fraction of sp³-hybridized carbons (Fsp3) is 0.235. The van der Waals surface area contributed by atoms with Crippen LogP contribution in [0.5, 0.6) is 5.75 Å². The minimum Gasteiger partial charge on any atom is -0.497 e. The third-order valence-electron chi connectivity index (χ3n) is 3.64. The molecule has 0 saturated carbocycles. The molecule has 0 aliphatic heterocycles. The number of aryl methyl sites for hydroxylation is 1. The first-order valence-corrected chi connectivity index (χ1v) is 6.99. The van der Waals surface area contributed by atoms with Crippen molar-refractivity contribution in [1.29, 1.82) is 0 Å². The molecular weight excluding hydrogens is 267 g/mol. The third kappa shape index (κ3) is 2.49. The van der Waals surface area contributed by atoms with Crippen molar-refractivity contribution in [1.82, 2.24) is 9.55 Å². The molecule has 21 heavy (non-hydrogen) atoms. The second-order valence-corrected chi connectivity index (χ2v) is 4.91. The lowest BCUT2D eigenvalue weighted by atomic mass is 10.2. The number of imidazole rings is 1. The van der Waals surface area contributed by atoms with Crippen molar-refractivity contribution in [2.45, 2.75) is 19.9 Å². The number of methoxy groups -OCH3 is 1. The van der Waals surface area contributed by atoms with Crippen molar-refractivity contribution in [2.24, 2.45) is 0 Å². The van der Waals surface area contributed by atoms with Gasteiger partial charge in [-0.15, -0.1) is 0 Å². The van der Waals surface area contributed by atoms with Crippen molar-refractivity contribution in [3.63, 3.8) is 0 Å². The molecule has 0 saturated heterocycles. The molecule has 0 radical (unpaired) electrons. The van der Waals surface area contributed by atoms with Gasteiger partial charge in [0, 0.05) is 18.1 Å². The average Bonchev–Trinajstić information content (AvgIpc) is 2.87. The lowest BCUT2D eigenvalue weighted by Gasteiger charge is -2.10. The van der Waals surface area contributed by atoms with Gasteiger partial charge in [-0.05, 0) is 18.2 Å². The molecule has 4 heteroatoms. The van der Waals surface area contributed by atoms with E-state index >= 15 is 0 Å². The summed E-state index contributed by atoms with van der Waals surface area (Å²) in [6, 6.07) is 12.9. The molecule has 3 aromatic rings. The van der Waals surface area contributed by atoms with Crippen molar-refractivity contribution in [2.75, 3.05) is 7.11 Å². The maximum absolute atomic E-state index is 14.2. The van der Waals surface area contributed by atoms with Gasteiger partial charge in [-0.25, -0.2) is 9.37 Å². The summed E-state index contributed by atoms with van der Waals surface area (Å²) < 4.78 is 21.3. The predicted molar refractivity (Wildman–Crippen MR) is 81.2 cm³/mol. The van der Waals surface area contributed by atoms with Crippen LogP contribution in [0.2, 0.25) is 0 Å². The number of rotatable bonds is 4. The lowest BCUT2D eigenvalue weighted by molar-refractivity contribution is 0.410. The van der Waals surface area contributed by atoms with Gasteiger partial charge in [0.05, 0.1) is 24.7 Å². The van der Waals surface area contributed by atoms with Gasteiger partial charge in [-0.3, -0.25) is 0 Å². The summed E-state index contributed by atoms with van der Waals surface area (Å²) in [5.41, 5.74) is 2.61. The van der Waals surface area contributed by atoms with Crippen LogP contribution in [0.4, 0.5) is 4.39 Å². The molecule has 0 aliphatic carbocycles. The molecule has 0 fully saturated rings. The highest BCUT2D eigenvalue weighted by atomic mass is 19.1. The molecule has 3 rings (SSSR count). The van der Waals surface area contributed by atoms with Crippen molar-refractivity contribution in [3.05, 3.63) is 59.7 Å². The zero-order valence-corrected chi connectivity index (χ0v) is 12.1. The lowest BCUT2D eigenvalue weighted by Crippen LogP contribution is -2.06. The first kappa shape index (κ1) is 13.6. The number of para-hydroxylation sites is 2. The van der Waals surface area contributed by atoms with E-state index < -0.39 is 0 Å². The SMILES string of the molecule is CCc1nc2ccccc2n1Cc1ccc(OC)cc1F. The first-order valence-electron chi connectivity index (χ1n) is 6.99. The molecule has 1 heterocycles. The number of halogens is 1. The molecule has 0 unspecified atom stereocenters. The van der Waals surface area contributed by atoms with E-state index in [2.05, 4.69) is 16.5 Å². The van der Waals surface area contributed by atoms with E-state index in [0.717, 1.165) is 23.3 Å². The number of fused-ring (bicyclic) bond motifs is 1. The largest absolute Gasteiger partial charge is 0.497 e. The van der Waals surface area contributed by atoms with Crippen LogP contribution in [0, 0.1) is 5.82 Å². The maximum Gasteiger partial charge on any atom is 0.131 e.